The van der Waals surface area contributed by atoms with Crippen LogP contribution < -0.4 is 10.1 Å². The van der Waals surface area contributed by atoms with Crippen LogP contribution >= 0.6 is 0 Å². The molecule has 0 bridgehead atoms. The molecule has 2 fully saturated rings. The summed E-state index contributed by atoms with van der Waals surface area (Å²) >= 11 is 0. The highest BCUT2D eigenvalue weighted by Gasteiger charge is 2.46. The molecule has 0 unspecified atom stereocenters. The number of hydrogen-bond acceptors (Lipinski definition) is 3. The number of urea groups is 1. The van der Waals surface area contributed by atoms with E-state index in [1.165, 1.54) is 0 Å². The second-order valence-corrected chi connectivity index (χ2v) is 7.35. The van der Waals surface area contributed by atoms with Gasteiger partial charge in [0.15, 0.2) is 6.61 Å². The molecule has 0 atom stereocenters. The number of hydrogen-bond donors (Lipinski definition) is 1. The molecule has 0 spiro atoms. The Morgan fingerprint density at radius 2 is 1.43 bits per heavy atom. The molecule has 0 radical (unpaired) electrons. The molecule has 2 aromatic rings. The number of ether oxygens (including phenoxy) is 1. The average molecular weight is 379 g/mol. The van der Waals surface area contributed by atoms with Crippen molar-refractivity contribution < 1.29 is 14.3 Å². The van der Waals surface area contributed by atoms with Crippen LogP contribution in [0.5, 0.6) is 5.75 Å². The van der Waals surface area contributed by atoms with Gasteiger partial charge in [-0.05, 0) is 30.5 Å². The molecule has 1 aliphatic heterocycles. The highest BCUT2D eigenvalue weighted by atomic mass is 16.5. The Labute approximate surface area is 165 Å². The van der Waals surface area contributed by atoms with Crippen molar-refractivity contribution in [1.82, 2.24) is 15.1 Å². The number of carbonyl (C=O) groups is 2. The third-order valence-electron chi connectivity index (χ3n) is 5.45. The molecular formula is C22H25N3O3. The first-order valence-corrected chi connectivity index (χ1v) is 9.75. The fourth-order valence-corrected chi connectivity index (χ4v) is 3.56. The van der Waals surface area contributed by atoms with Crippen molar-refractivity contribution in [1.29, 1.82) is 0 Å². The Morgan fingerprint density at radius 3 is 2.04 bits per heavy atom. The summed E-state index contributed by atoms with van der Waals surface area (Å²) in [6, 6.07) is 19.4. The van der Waals surface area contributed by atoms with Crippen LogP contribution in [0.3, 0.4) is 0 Å². The van der Waals surface area contributed by atoms with Crippen LogP contribution in [0.4, 0.5) is 4.79 Å². The average Bonchev–Trinajstić information content (AvgIpc) is 3.54. The van der Waals surface area contributed by atoms with E-state index in [0.29, 0.717) is 31.9 Å². The Bertz CT molecular complexity index is 813. The Morgan fingerprint density at radius 1 is 0.857 bits per heavy atom. The van der Waals surface area contributed by atoms with Crippen LogP contribution in [-0.2, 0) is 10.3 Å². The minimum atomic E-state index is -0.213. The Kier molecular flexibility index (Phi) is 5.19. The Balaban J connectivity index is 1.25. The van der Waals surface area contributed by atoms with Crippen LogP contribution in [0.2, 0.25) is 0 Å². The van der Waals surface area contributed by atoms with Crippen molar-refractivity contribution in [2.75, 3.05) is 32.8 Å². The SMILES string of the molecule is O=C(COc1ccccc1)N1CCN(C(=O)NC2(c3ccccc3)CC2)CC1. The minimum Gasteiger partial charge on any atom is -0.484 e. The third kappa shape index (κ3) is 4.11. The summed E-state index contributed by atoms with van der Waals surface area (Å²) in [6.45, 7) is 2.15. The lowest BCUT2D eigenvalue weighted by atomic mass is 10.1. The van der Waals surface area contributed by atoms with Crippen molar-refractivity contribution in [2.45, 2.75) is 18.4 Å². The topological polar surface area (TPSA) is 61.9 Å². The zero-order valence-electron chi connectivity index (χ0n) is 15.8. The summed E-state index contributed by atoms with van der Waals surface area (Å²) in [7, 11) is 0. The molecule has 6 heteroatoms. The van der Waals surface area contributed by atoms with Gasteiger partial charge in [0, 0.05) is 26.2 Å². The molecule has 1 saturated carbocycles. The monoisotopic (exact) mass is 379 g/mol. The summed E-state index contributed by atoms with van der Waals surface area (Å²) in [5.41, 5.74) is 0.949. The highest BCUT2D eigenvalue weighted by Crippen LogP contribution is 2.45. The van der Waals surface area contributed by atoms with Gasteiger partial charge in [-0.2, -0.15) is 0 Å². The molecule has 28 heavy (non-hydrogen) atoms. The zero-order chi connectivity index (χ0) is 19.4. The number of para-hydroxylation sites is 1. The standard InChI is InChI=1S/C22H25N3O3/c26-20(17-28-19-9-5-2-6-10-19)24-13-15-25(16-14-24)21(27)23-22(11-12-22)18-7-3-1-4-8-18/h1-10H,11-17H2,(H,23,27). The largest absolute Gasteiger partial charge is 0.484 e. The molecule has 0 aromatic heterocycles. The second-order valence-electron chi connectivity index (χ2n) is 7.35. The minimum absolute atomic E-state index is 0.0212. The lowest BCUT2D eigenvalue weighted by molar-refractivity contribution is -0.134. The number of nitrogens with zero attached hydrogens (tertiary/aromatic N) is 2. The fraction of sp³-hybridized carbons (Fsp3) is 0.364. The molecule has 1 heterocycles. The van der Waals surface area contributed by atoms with Crippen LogP contribution in [-0.4, -0.2) is 54.5 Å². The Hall–Kier alpha value is -3.02. The smallest absolute Gasteiger partial charge is 0.318 e. The first-order valence-electron chi connectivity index (χ1n) is 9.75. The first kappa shape index (κ1) is 18.3. The summed E-state index contributed by atoms with van der Waals surface area (Å²) in [4.78, 5) is 28.6. The third-order valence-corrected chi connectivity index (χ3v) is 5.45. The van der Waals surface area contributed by atoms with Gasteiger partial charge in [0.05, 0.1) is 5.54 Å². The van der Waals surface area contributed by atoms with Crippen molar-refractivity contribution in [3.8, 4) is 5.75 Å². The van der Waals surface area contributed by atoms with Crippen molar-refractivity contribution in [3.63, 3.8) is 0 Å². The molecule has 4 rings (SSSR count). The number of carbonyl (C=O) groups excluding carboxylic acids is 2. The van der Waals surface area contributed by atoms with Gasteiger partial charge in [-0.3, -0.25) is 4.79 Å². The van der Waals surface area contributed by atoms with E-state index in [1.54, 1.807) is 9.80 Å². The van der Waals surface area contributed by atoms with Gasteiger partial charge in [0.2, 0.25) is 0 Å². The molecule has 146 valence electrons. The molecule has 1 N–H and O–H groups in total. The van der Waals surface area contributed by atoms with E-state index in [-0.39, 0.29) is 24.1 Å². The van der Waals surface area contributed by atoms with Crippen molar-refractivity contribution in [3.05, 3.63) is 66.2 Å². The van der Waals surface area contributed by atoms with Crippen LogP contribution in [0.1, 0.15) is 18.4 Å². The molecule has 1 aliphatic carbocycles. The second kappa shape index (κ2) is 7.92. The maximum absolute atomic E-state index is 12.7. The lowest BCUT2D eigenvalue weighted by Crippen LogP contribution is -2.55. The quantitative estimate of drug-likeness (QED) is 0.869. The molecule has 2 aliphatic rings. The van der Waals surface area contributed by atoms with Gasteiger partial charge in [0.1, 0.15) is 5.75 Å². The number of nitrogens with one attached hydrogen (secondary N) is 1. The van der Waals surface area contributed by atoms with Gasteiger partial charge < -0.3 is 19.9 Å². The summed E-state index contributed by atoms with van der Waals surface area (Å²) in [5.74, 6) is 0.636. The maximum Gasteiger partial charge on any atom is 0.318 e. The summed E-state index contributed by atoms with van der Waals surface area (Å²) in [5, 5.41) is 3.20. The van der Waals surface area contributed by atoms with E-state index in [4.69, 9.17) is 4.74 Å². The van der Waals surface area contributed by atoms with Gasteiger partial charge in [-0.25, -0.2) is 4.79 Å². The van der Waals surface area contributed by atoms with E-state index in [9.17, 15) is 9.59 Å². The van der Waals surface area contributed by atoms with E-state index in [0.717, 1.165) is 18.4 Å². The molecular weight excluding hydrogens is 354 g/mol. The van der Waals surface area contributed by atoms with Crippen LogP contribution in [0.25, 0.3) is 0 Å². The number of benzene rings is 2. The van der Waals surface area contributed by atoms with E-state index < -0.39 is 0 Å². The van der Waals surface area contributed by atoms with Gasteiger partial charge >= 0.3 is 6.03 Å². The zero-order valence-corrected chi connectivity index (χ0v) is 15.8. The summed E-state index contributed by atoms with van der Waals surface area (Å²) in [6.07, 6.45) is 1.94. The summed E-state index contributed by atoms with van der Waals surface area (Å²) < 4.78 is 5.53. The fourth-order valence-electron chi connectivity index (χ4n) is 3.56. The predicted molar refractivity (Wildman–Crippen MR) is 106 cm³/mol. The normalized spacial score (nSPS) is 17.7. The van der Waals surface area contributed by atoms with Crippen LogP contribution in [0.15, 0.2) is 60.7 Å². The molecule has 1 saturated heterocycles. The molecule has 6 nitrogen and oxygen atoms in total. The van der Waals surface area contributed by atoms with Gasteiger partial charge in [0.25, 0.3) is 5.91 Å². The van der Waals surface area contributed by atoms with Crippen molar-refractivity contribution in [2.24, 2.45) is 0 Å². The maximum atomic E-state index is 12.7. The lowest BCUT2D eigenvalue weighted by Gasteiger charge is -2.35. The number of amides is 3. The van der Waals surface area contributed by atoms with E-state index in [1.807, 2.05) is 48.5 Å². The van der Waals surface area contributed by atoms with Crippen molar-refractivity contribution >= 4 is 11.9 Å². The van der Waals surface area contributed by atoms with Crippen LogP contribution in [0, 0.1) is 0 Å². The molecule has 3 amide bonds. The predicted octanol–water partition coefficient (Wildman–Crippen LogP) is 2.61. The molecule has 2 aromatic carbocycles. The highest BCUT2D eigenvalue weighted by molar-refractivity contribution is 5.79. The number of rotatable bonds is 5. The van der Waals surface area contributed by atoms with E-state index in [2.05, 4.69) is 17.4 Å². The van der Waals surface area contributed by atoms with E-state index >= 15 is 0 Å². The number of piperazine rings is 1. The van der Waals surface area contributed by atoms with Gasteiger partial charge in [-0.1, -0.05) is 48.5 Å². The first-order chi connectivity index (χ1) is 13.7. The van der Waals surface area contributed by atoms with Gasteiger partial charge in [-0.15, -0.1) is 0 Å².